The molecule has 2 fully saturated rings. The molecule has 102 valence electrons. The summed E-state index contributed by atoms with van der Waals surface area (Å²) in [5.41, 5.74) is 0.630. The minimum atomic E-state index is -0.214. The van der Waals surface area contributed by atoms with Crippen LogP contribution < -0.4 is 5.32 Å². The van der Waals surface area contributed by atoms with Crippen LogP contribution in [0.5, 0.6) is 0 Å². The number of amides is 1. The Balaban J connectivity index is 1.68. The fraction of sp³-hybridized carbons (Fsp3) is 0.500. The molecule has 0 radical (unpaired) electrons. The second kappa shape index (κ2) is 5.10. The minimum absolute atomic E-state index is 0.136. The van der Waals surface area contributed by atoms with Gasteiger partial charge in [0.1, 0.15) is 5.82 Å². The first-order valence-electron chi connectivity index (χ1n) is 6.55. The molecule has 0 spiro atoms. The van der Waals surface area contributed by atoms with Gasteiger partial charge in [-0.25, -0.2) is 4.39 Å². The maximum Gasteiger partial charge on any atom is 0.220 e. The number of nitrogens with one attached hydrogen (secondary N) is 1. The molecule has 5 heteroatoms. The summed E-state index contributed by atoms with van der Waals surface area (Å²) in [5.74, 6) is 0.835. The second-order valence-electron chi connectivity index (χ2n) is 5.46. The van der Waals surface area contributed by atoms with Crippen molar-refractivity contribution in [2.24, 2.45) is 11.8 Å². The van der Waals surface area contributed by atoms with Gasteiger partial charge in [-0.1, -0.05) is 11.6 Å². The molecule has 1 N–H and O–H groups in total. The lowest BCUT2D eigenvalue weighted by Gasteiger charge is -2.23. The molecule has 0 unspecified atom stereocenters. The van der Waals surface area contributed by atoms with Gasteiger partial charge in [-0.2, -0.15) is 0 Å². The molecule has 1 aromatic rings. The molecule has 1 aromatic carbocycles. The van der Waals surface area contributed by atoms with E-state index in [0.717, 1.165) is 19.6 Å². The van der Waals surface area contributed by atoms with Gasteiger partial charge in [0.25, 0.3) is 0 Å². The van der Waals surface area contributed by atoms with Gasteiger partial charge in [0.05, 0.1) is 0 Å². The fourth-order valence-electron chi connectivity index (χ4n) is 3.09. The molecular weight excluding hydrogens is 267 g/mol. The van der Waals surface area contributed by atoms with Crippen molar-refractivity contribution in [3.63, 3.8) is 0 Å². The Morgan fingerprint density at radius 2 is 2.16 bits per heavy atom. The highest BCUT2D eigenvalue weighted by Gasteiger charge is 2.37. The van der Waals surface area contributed by atoms with Gasteiger partial charge in [0.2, 0.25) is 5.91 Å². The molecule has 0 aromatic heterocycles. The molecule has 2 aliphatic rings. The van der Waals surface area contributed by atoms with Crippen molar-refractivity contribution in [1.82, 2.24) is 10.2 Å². The van der Waals surface area contributed by atoms with E-state index in [9.17, 15) is 9.18 Å². The SMILES string of the molecule is O=C1C[C@@H]2CN(Cc3cc(Cl)ccc3F)C[C@@H]2CN1. The number of carbonyl (C=O) groups excluding carboxylic acids is 1. The van der Waals surface area contributed by atoms with Gasteiger partial charge in [0, 0.05) is 43.2 Å². The number of rotatable bonds is 2. The van der Waals surface area contributed by atoms with Crippen LogP contribution in [0.25, 0.3) is 0 Å². The van der Waals surface area contributed by atoms with Gasteiger partial charge < -0.3 is 5.32 Å². The Kier molecular flexibility index (Phi) is 3.46. The maximum absolute atomic E-state index is 13.7. The first-order valence-corrected chi connectivity index (χ1v) is 6.92. The lowest BCUT2D eigenvalue weighted by molar-refractivity contribution is -0.124. The topological polar surface area (TPSA) is 32.3 Å². The maximum atomic E-state index is 13.7. The van der Waals surface area contributed by atoms with E-state index in [-0.39, 0.29) is 11.7 Å². The van der Waals surface area contributed by atoms with E-state index in [2.05, 4.69) is 10.2 Å². The largest absolute Gasteiger partial charge is 0.356 e. The summed E-state index contributed by atoms with van der Waals surface area (Å²) < 4.78 is 13.7. The molecular formula is C14H16ClFN2O. The summed E-state index contributed by atoms with van der Waals surface area (Å²) in [5, 5.41) is 3.46. The third-order valence-corrected chi connectivity index (χ3v) is 4.30. The third kappa shape index (κ3) is 2.74. The van der Waals surface area contributed by atoms with E-state index in [1.807, 2.05) is 0 Å². The summed E-state index contributed by atoms with van der Waals surface area (Å²) in [6.07, 6.45) is 0.596. The van der Waals surface area contributed by atoms with Crippen molar-refractivity contribution in [1.29, 1.82) is 0 Å². The number of fused-ring (bicyclic) bond motifs is 1. The molecule has 0 bridgehead atoms. The number of hydrogen-bond donors (Lipinski definition) is 1. The van der Waals surface area contributed by atoms with Crippen molar-refractivity contribution in [3.05, 3.63) is 34.6 Å². The summed E-state index contributed by atoms with van der Waals surface area (Å²) in [6, 6.07) is 4.65. The highest BCUT2D eigenvalue weighted by Crippen LogP contribution is 2.30. The second-order valence-corrected chi connectivity index (χ2v) is 5.89. The number of nitrogens with zero attached hydrogens (tertiary/aromatic N) is 1. The van der Waals surface area contributed by atoms with Gasteiger partial charge in [0.15, 0.2) is 0 Å². The summed E-state index contributed by atoms with van der Waals surface area (Å²) in [4.78, 5) is 13.6. The van der Waals surface area contributed by atoms with Gasteiger partial charge >= 0.3 is 0 Å². The number of benzene rings is 1. The lowest BCUT2D eigenvalue weighted by atomic mass is 9.89. The summed E-state index contributed by atoms with van der Waals surface area (Å²) >= 11 is 5.90. The normalized spacial score (nSPS) is 27.2. The Labute approximate surface area is 116 Å². The number of carbonyl (C=O) groups is 1. The van der Waals surface area contributed by atoms with Crippen molar-refractivity contribution in [2.75, 3.05) is 19.6 Å². The van der Waals surface area contributed by atoms with Crippen molar-refractivity contribution in [3.8, 4) is 0 Å². The Morgan fingerprint density at radius 3 is 3.00 bits per heavy atom. The van der Waals surface area contributed by atoms with Crippen LogP contribution in [0.15, 0.2) is 18.2 Å². The minimum Gasteiger partial charge on any atom is -0.356 e. The predicted molar refractivity (Wildman–Crippen MR) is 71.3 cm³/mol. The average Bonchev–Trinajstić information content (AvgIpc) is 2.75. The molecule has 0 saturated carbocycles. The van der Waals surface area contributed by atoms with Crippen LogP contribution in [0.1, 0.15) is 12.0 Å². The van der Waals surface area contributed by atoms with E-state index in [1.165, 1.54) is 6.07 Å². The quantitative estimate of drug-likeness (QED) is 0.900. The first kappa shape index (κ1) is 12.9. The van der Waals surface area contributed by atoms with Gasteiger partial charge in [-0.05, 0) is 30.0 Å². The molecule has 3 nitrogen and oxygen atoms in total. The van der Waals surface area contributed by atoms with E-state index < -0.39 is 0 Å². The highest BCUT2D eigenvalue weighted by atomic mass is 35.5. The highest BCUT2D eigenvalue weighted by molar-refractivity contribution is 6.30. The smallest absolute Gasteiger partial charge is 0.220 e. The van der Waals surface area contributed by atoms with E-state index >= 15 is 0 Å². The first-order chi connectivity index (χ1) is 9.11. The lowest BCUT2D eigenvalue weighted by Crippen LogP contribution is -2.39. The van der Waals surface area contributed by atoms with Crippen LogP contribution in [0, 0.1) is 17.7 Å². The zero-order chi connectivity index (χ0) is 13.4. The van der Waals surface area contributed by atoms with Crippen molar-refractivity contribution in [2.45, 2.75) is 13.0 Å². The zero-order valence-electron chi connectivity index (χ0n) is 10.5. The summed E-state index contributed by atoms with van der Waals surface area (Å²) in [6.45, 7) is 3.09. The number of piperidine rings is 1. The molecule has 1 amide bonds. The van der Waals surface area contributed by atoms with Crippen LogP contribution in [-0.4, -0.2) is 30.4 Å². The van der Waals surface area contributed by atoms with Gasteiger partial charge in [-0.15, -0.1) is 0 Å². The Morgan fingerprint density at radius 1 is 1.37 bits per heavy atom. The molecule has 3 rings (SSSR count). The average molecular weight is 283 g/mol. The van der Waals surface area contributed by atoms with Crippen LogP contribution >= 0.6 is 11.6 Å². The summed E-state index contributed by atoms with van der Waals surface area (Å²) in [7, 11) is 0. The number of hydrogen-bond acceptors (Lipinski definition) is 2. The van der Waals surface area contributed by atoms with Crippen LogP contribution in [-0.2, 0) is 11.3 Å². The molecule has 2 saturated heterocycles. The number of halogens is 2. The molecule has 2 heterocycles. The van der Waals surface area contributed by atoms with E-state index in [4.69, 9.17) is 11.6 Å². The zero-order valence-corrected chi connectivity index (χ0v) is 11.3. The van der Waals surface area contributed by atoms with E-state index in [1.54, 1.807) is 12.1 Å². The third-order valence-electron chi connectivity index (χ3n) is 4.06. The van der Waals surface area contributed by atoms with Crippen LogP contribution in [0.2, 0.25) is 5.02 Å². The van der Waals surface area contributed by atoms with Gasteiger partial charge in [-0.3, -0.25) is 9.69 Å². The van der Waals surface area contributed by atoms with E-state index in [0.29, 0.717) is 35.4 Å². The molecule has 0 aliphatic carbocycles. The monoisotopic (exact) mass is 282 g/mol. The van der Waals surface area contributed by atoms with Crippen molar-refractivity contribution < 1.29 is 9.18 Å². The van der Waals surface area contributed by atoms with Crippen LogP contribution in [0.4, 0.5) is 4.39 Å². The van der Waals surface area contributed by atoms with Crippen LogP contribution in [0.3, 0.4) is 0 Å². The molecule has 19 heavy (non-hydrogen) atoms. The Hall–Kier alpha value is -1.13. The number of likely N-dealkylation sites (tertiary alicyclic amines) is 1. The Bertz CT molecular complexity index is 508. The van der Waals surface area contributed by atoms with Crippen molar-refractivity contribution >= 4 is 17.5 Å². The standard InChI is InChI=1S/C14H16ClFN2O/c15-12-1-2-13(16)10(3-12)7-18-6-9-4-14(19)17-5-11(9)8-18/h1-3,9,11H,4-8H2,(H,17,19)/t9-,11+/m1/s1. The fourth-order valence-corrected chi connectivity index (χ4v) is 3.28. The molecule has 2 aliphatic heterocycles. The predicted octanol–water partition coefficient (Wildman–Crippen LogP) is 2.05. The molecule has 2 atom stereocenters.